The molecule has 0 aliphatic rings. The predicted molar refractivity (Wildman–Crippen MR) is 87.9 cm³/mol. The number of nitrogens with one attached hydrogen (secondary N) is 1. The van der Waals surface area contributed by atoms with Gasteiger partial charge in [-0.3, -0.25) is 9.48 Å². The van der Waals surface area contributed by atoms with Crippen LogP contribution >= 0.6 is 11.6 Å². The lowest BCUT2D eigenvalue weighted by Gasteiger charge is -2.07. The van der Waals surface area contributed by atoms with Crippen LogP contribution in [0.25, 0.3) is 11.3 Å². The lowest BCUT2D eigenvalue weighted by molar-refractivity contribution is 0.102. The third-order valence-electron chi connectivity index (χ3n) is 3.44. The van der Waals surface area contributed by atoms with Crippen LogP contribution in [0.4, 0.5) is 18.9 Å². The van der Waals surface area contributed by atoms with Crippen molar-refractivity contribution in [1.29, 1.82) is 0 Å². The number of aryl methyl sites for hydroxylation is 1. The lowest BCUT2D eigenvalue weighted by atomic mass is 10.1. The van der Waals surface area contributed by atoms with Crippen LogP contribution in [0, 0.1) is 17.5 Å². The maximum atomic E-state index is 14.0. The van der Waals surface area contributed by atoms with Crippen molar-refractivity contribution in [1.82, 2.24) is 9.78 Å². The van der Waals surface area contributed by atoms with E-state index in [2.05, 4.69) is 10.4 Å². The second-order valence-corrected chi connectivity index (χ2v) is 5.68. The zero-order chi connectivity index (χ0) is 18.1. The molecule has 0 spiro atoms. The fraction of sp³-hybridized carbons (Fsp3) is 0.0588. The summed E-state index contributed by atoms with van der Waals surface area (Å²) in [6.45, 7) is 0. The van der Waals surface area contributed by atoms with E-state index in [4.69, 9.17) is 11.6 Å². The molecule has 1 heterocycles. The third-order valence-corrected chi connectivity index (χ3v) is 3.73. The van der Waals surface area contributed by atoms with E-state index in [1.165, 1.54) is 29.1 Å². The number of hydrogen-bond donors (Lipinski definition) is 1. The highest BCUT2D eigenvalue weighted by Crippen LogP contribution is 2.27. The minimum Gasteiger partial charge on any atom is -0.322 e. The average Bonchev–Trinajstić information content (AvgIpc) is 2.92. The summed E-state index contributed by atoms with van der Waals surface area (Å²) in [7, 11) is 1.57. The summed E-state index contributed by atoms with van der Waals surface area (Å²) in [6.07, 6.45) is 1.40. The standard InChI is InChI=1S/C17H11ClF3N3O/c1-24-8-12(16(23-24)11-4-2-9(19)6-15(11)21)17(25)22-10-3-5-14(20)13(18)7-10/h2-8H,1H3,(H,22,25). The Kier molecular flexibility index (Phi) is 4.50. The van der Waals surface area contributed by atoms with Gasteiger partial charge in [-0.1, -0.05) is 11.6 Å². The molecule has 2 aromatic carbocycles. The van der Waals surface area contributed by atoms with E-state index in [0.29, 0.717) is 6.07 Å². The molecule has 0 fully saturated rings. The van der Waals surface area contributed by atoms with Gasteiger partial charge in [0.05, 0.1) is 10.6 Å². The summed E-state index contributed by atoms with van der Waals surface area (Å²) >= 11 is 5.68. The first kappa shape index (κ1) is 17.0. The minimum absolute atomic E-state index is 0.00992. The fourth-order valence-corrected chi connectivity index (χ4v) is 2.49. The van der Waals surface area contributed by atoms with E-state index in [1.807, 2.05) is 0 Å². The third kappa shape index (κ3) is 3.51. The molecule has 8 heteroatoms. The first-order valence-electron chi connectivity index (χ1n) is 7.10. The molecule has 0 saturated heterocycles. The fourth-order valence-electron chi connectivity index (χ4n) is 2.31. The van der Waals surface area contributed by atoms with Crippen molar-refractivity contribution in [2.45, 2.75) is 0 Å². The van der Waals surface area contributed by atoms with Crippen LogP contribution in [0.1, 0.15) is 10.4 Å². The van der Waals surface area contributed by atoms with Crippen molar-refractivity contribution >= 4 is 23.2 Å². The molecular weight excluding hydrogens is 355 g/mol. The van der Waals surface area contributed by atoms with Crippen LogP contribution in [-0.2, 0) is 7.05 Å². The van der Waals surface area contributed by atoms with E-state index in [9.17, 15) is 18.0 Å². The molecule has 3 aromatic rings. The molecule has 0 bridgehead atoms. The zero-order valence-corrected chi connectivity index (χ0v) is 13.6. The number of carbonyl (C=O) groups excluding carboxylic acids is 1. The Morgan fingerprint density at radius 3 is 2.56 bits per heavy atom. The van der Waals surface area contributed by atoms with E-state index >= 15 is 0 Å². The predicted octanol–water partition coefficient (Wildman–Crippen LogP) is 4.41. The second-order valence-electron chi connectivity index (χ2n) is 5.27. The number of carbonyl (C=O) groups is 1. The van der Waals surface area contributed by atoms with E-state index in [1.54, 1.807) is 7.05 Å². The number of benzene rings is 2. The van der Waals surface area contributed by atoms with Gasteiger partial charge >= 0.3 is 0 Å². The molecule has 4 nitrogen and oxygen atoms in total. The maximum Gasteiger partial charge on any atom is 0.259 e. The van der Waals surface area contributed by atoms with Crippen LogP contribution in [0.5, 0.6) is 0 Å². The zero-order valence-electron chi connectivity index (χ0n) is 12.9. The Balaban J connectivity index is 1.97. The largest absolute Gasteiger partial charge is 0.322 e. The van der Waals surface area contributed by atoms with E-state index in [0.717, 1.165) is 12.1 Å². The molecule has 1 amide bonds. The van der Waals surface area contributed by atoms with Crippen LogP contribution in [0.15, 0.2) is 42.6 Å². The van der Waals surface area contributed by atoms with Gasteiger partial charge in [-0.25, -0.2) is 13.2 Å². The number of halogens is 4. The van der Waals surface area contributed by atoms with E-state index in [-0.39, 0.29) is 27.5 Å². The van der Waals surface area contributed by atoms with Gasteiger partial charge in [0.25, 0.3) is 5.91 Å². The molecule has 25 heavy (non-hydrogen) atoms. The highest BCUT2D eigenvalue weighted by Gasteiger charge is 2.20. The summed E-state index contributed by atoms with van der Waals surface area (Å²) in [5, 5.41) is 6.47. The molecule has 3 rings (SSSR count). The Morgan fingerprint density at radius 2 is 1.88 bits per heavy atom. The van der Waals surface area contributed by atoms with Crippen molar-refractivity contribution in [3.8, 4) is 11.3 Å². The molecule has 1 aromatic heterocycles. The molecule has 0 aliphatic heterocycles. The molecule has 128 valence electrons. The smallest absolute Gasteiger partial charge is 0.259 e. The molecule has 1 N–H and O–H groups in total. The van der Waals surface area contributed by atoms with Crippen molar-refractivity contribution in [2.24, 2.45) is 7.05 Å². The van der Waals surface area contributed by atoms with Gasteiger partial charge in [-0.05, 0) is 30.3 Å². The normalized spacial score (nSPS) is 10.8. The summed E-state index contributed by atoms with van der Waals surface area (Å²) in [4.78, 5) is 12.5. The SMILES string of the molecule is Cn1cc(C(=O)Nc2ccc(F)c(Cl)c2)c(-c2ccc(F)cc2F)n1. The molecule has 0 unspecified atom stereocenters. The first-order chi connectivity index (χ1) is 11.8. The van der Waals surface area contributed by atoms with Crippen molar-refractivity contribution in [2.75, 3.05) is 5.32 Å². The first-order valence-corrected chi connectivity index (χ1v) is 7.48. The quantitative estimate of drug-likeness (QED) is 0.747. The highest BCUT2D eigenvalue weighted by atomic mass is 35.5. The molecule has 0 atom stereocenters. The van der Waals surface area contributed by atoms with Crippen LogP contribution in [-0.4, -0.2) is 15.7 Å². The monoisotopic (exact) mass is 365 g/mol. The van der Waals surface area contributed by atoms with Crippen molar-refractivity contribution < 1.29 is 18.0 Å². The topological polar surface area (TPSA) is 46.9 Å². The number of nitrogens with zero attached hydrogens (tertiary/aromatic N) is 2. The summed E-state index contributed by atoms with van der Waals surface area (Å²) < 4.78 is 41.7. The summed E-state index contributed by atoms with van der Waals surface area (Å²) in [5.74, 6) is -2.77. The van der Waals surface area contributed by atoms with Gasteiger partial charge in [0.2, 0.25) is 0 Å². The van der Waals surface area contributed by atoms with Gasteiger partial charge in [0.1, 0.15) is 23.1 Å². The minimum atomic E-state index is -0.836. The molecule has 0 radical (unpaired) electrons. The Hall–Kier alpha value is -2.80. The highest BCUT2D eigenvalue weighted by molar-refractivity contribution is 6.31. The van der Waals surface area contributed by atoms with Gasteiger partial charge in [-0.15, -0.1) is 0 Å². The van der Waals surface area contributed by atoms with E-state index < -0.39 is 23.4 Å². The van der Waals surface area contributed by atoms with Gasteiger partial charge < -0.3 is 5.32 Å². The summed E-state index contributed by atoms with van der Waals surface area (Å²) in [5.41, 5.74) is 0.397. The maximum absolute atomic E-state index is 14.0. The number of anilines is 1. The number of rotatable bonds is 3. The van der Waals surface area contributed by atoms with Crippen LogP contribution < -0.4 is 5.32 Å². The van der Waals surface area contributed by atoms with Crippen molar-refractivity contribution in [3.63, 3.8) is 0 Å². The van der Waals surface area contributed by atoms with Crippen LogP contribution in [0.2, 0.25) is 5.02 Å². The Morgan fingerprint density at radius 1 is 1.12 bits per heavy atom. The number of amides is 1. The Bertz CT molecular complexity index is 972. The number of hydrogen-bond acceptors (Lipinski definition) is 2. The van der Waals surface area contributed by atoms with Gasteiger partial charge in [-0.2, -0.15) is 5.10 Å². The lowest BCUT2D eigenvalue weighted by Crippen LogP contribution is -2.12. The van der Waals surface area contributed by atoms with Crippen LogP contribution in [0.3, 0.4) is 0 Å². The number of aromatic nitrogens is 2. The molecular formula is C17H11ClF3N3O. The molecule has 0 saturated carbocycles. The average molecular weight is 366 g/mol. The molecule has 0 aliphatic carbocycles. The summed E-state index contributed by atoms with van der Waals surface area (Å²) in [6, 6.07) is 6.71. The second kappa shape index (κ2) is 6.60. The van der Waals surface area contributed by atoms with Crippen molar-refractivity contribution in [3.05, 3.63) is 70.6 Å². The van der Waals surface area contributed by atoms with Gasteiger partial charge in [0.15, 0.2) is 0 Å². The van der Waals surface area contributed by atoms with Gasteiger partial charge in [0, 0.05) is 30.6 Å². The Labute approximate surface area is 145 Å².